The first kappa shape index (κ1) is 19.0. The molecule has 0 atom stereocenters. The first-order valence-electron chi connectivity index (χ1n) is 8.05. The predicted octanol–water partition coefficient (Wildman–Crippen LogP) is 2.69. The van der Waals surface area contributed by atoms with Gasteiger partial charge in [-0.05, 0) is 32.9 Å². The summed E-state index contributed by atoms with van der Waals surface area (Å²) in [6.45, 7) is 8.82. The molecule has 0 spiro atoms. The normalized spacial score (nSPS) is 15.2. The average Bonchev–Trinajstić information content (AvgIpc) is 3.09. The van der Waals surface area contributed by atoms with Gasteiger partial charge >= 0.3 is 0 Å². The molecule has 3 heterocycles. The highest BCUT2D eigenvalue weighted by molar-refractivity contribution is 7.98. The summed E-state index contributed by atoms with van der Waals surface area (Å²) in [5, 5.41) is 17.7. The lowest BCUT2D eigenvalue weighted by molar-refractivity contribution is 0.431. The Bertz CT molecular complexity index is 674. The van der Waals surface area contributed by atoms with Crippen LogP contribution >= 0.6 is 24.2 Å². The van der Waals surface area contributed by atoms with Gasteiger partial charge in [-0.25, -0.2) is 0 Å². The van der Waals surface area contributed by atoms with Crippen LogP contribution < -0.4 is 5.32 Å². The van der Waals surface area contributed by atoms with Crippen molar-refractivity contribution in [2.45, 2.75) is 43.1 Å². The molecule has 1 saturated heterocycles. The fraction of sp³-hybridized carbons (Fsp3) is 0.562. The van der Waals surface area contributed by atoms with E-state index < -0.39 is 0 Å². The Kier molecular flexibility index (Phi) is 6.89. The van der Waals surface area contributed by atoms with E-state index in [-0.39, 0.29) is 12.4 Å². The second-order valence-electron chi connectivity index (χ2n) is 5.97. The maximum absolute atomic E-state index is 4.49. The Morgan fingerprint density at radius 1 is 1.38 bits per heavy atom. The van der Waals surface area contributed by atoms with Gasteiger partial charge in [0, 0.05) is 37.0 Å². The summed E-state index contributed by atoms with van der Waals surface area (Å²) in [5.41, 5.74) is 2.32. The molecule has 0 bridgehead atoms. The van der Waals surface area contributed by atoms with Crippen molar-refractivity contribution in [3.8, 4) is 0 Å². The summed E-state index contributed by atoms with van der Waals surface area (Å²) in [4.78, 5) is 0. The van der Waals surface area contributed by atoms with Gasteiger partial charge in [0.1, 0.15) is 5.82 Å². The van der Waals surface area contributed by atoms with E-state index in [0.29, 0.717) is 5.92 Å². The molecular weight excluding hydrogens is 344 g/mol. The van der Waals surface area contributed by atoms with Crippen LogP contribution in [0.2, 0.25) is 0 Å². The summed E-state index contributed by atoms with van der Waals surface area (Å²) >= 11 is 1.73. The Morgan fingerprint density at radius 3 is 2.75 bits per heavy atom. The number of nitrogens with zero attached hydrogens (tertiary/aromatic N) is 5. The molecule has 0 amide bonds. The number of halogens is 1. The first-order valence-corrected chi connectivity index (χ1v) is 9.04. The van der Waals surface area contributed by atoms with Gasteiger partial charge < -0.3 is 9.88 Å². The Balaban J connectivity index is 0.00000208. The summed E-state index contributed by atoms with van der Waals surface area (Å²) in [7, 11) is 1.95. The second-order valence-corrected chi connectivity index (χ2v) is 6.91. The Labute approximate surface area is 153 Å². The van der Waals surface area contributed by atoms with Crippen LogP contribution in [0.5, 0.6) is 0 Å². The van der Waals surface area contributed by atoms with E-state index in [2.05, 4.69) is 38.0 Å². The van der Waals surface area contributed by atoms with Gasteiger partial charge in [0.05, 0.1) is 5.69 Å². The van der Waals surface area contributed by atoms with Crippen LogP contribution in [0.3, 0.4) is 0 Å². The summed E-state index contributed by atoms with van der Waals surface area (Å²) in [6, 6.07) is 0. The molecule has 8 heteroatoms. The lowest BCUT2D eigenvalue weighted by atomic mass is 9.97. The molecule has 2 aromatic rings. The molecule has 6 nitrogen and oxygen atoms in total. The van der Waals surface area contributed by atoms with Crippen molar-refractivity contribution in [1.82, 2.24) is 29.9 Å². The monoisotopic (exact) mass is 368 g/mol. The molecule has 1 aliphatic heterocycles. The fourth-order valence-electron chi connectivity index (χ4n) is 3.02. The fourth-order valence-corrected chi connectivity index (χ4v) is 4.01. The van der Waals surface area contributed by atoms with Crippen molar-refractivity contribution in [3.05, 3.63) is 35.9 Å². The number of nitrogens with one attached hydrogen (secondary N) is 1. The minimum absolute atomic E-state index is 0. The highest BCUT2D eigenvalue weighted by Gasteiger charge is 2.23. The highest BCUT2D eigenvalue weighted by atomic mass is 35.5. The van der Waals surface area contributed by atoms with E-state index in [1.807, 2.05) is 24.7 Å². The molecule has 24 heavy (non-hydrogen) atoms. The average molecular weight is 369 g/mol. The topological polar surface area (TPSA) is 60.6 Å². The molecule has 0 unspecified atom stereocenters. The van der Waals surface area contributed by atoms with Crippen molar-refractivity contribution >= 4 is 24.2 Å². The standard InChI is InChI=1S/C16H24N6S.ClH/c1-4-9-22-15(13-5-7-17-8-6-13)18-19-16(22)23-11-14-10-21(3)20-12(14)2;/h4,10,13,17H,1,5-9,11H2,2-3H3;1H. The lowest BCUT2D eigenvalue weighted by Crippen LogP contribution is -2.28. The van der Waals surface area contributed by atoms with Gasteiger partial charge in [0.15, 0.2) is 5.16 Å². The number of rotatable bonds is 6. The van der Waals surface area contributed by atoms with Crippen molar-refractivity contribution in [1.29, 1.82) is 0 Å². The van der Waals surface area contributed by atoms with Crippen molar-refractivity contribution in [2.24, 2.45) is 7.05 Å². The minimum Gasteiger partial charge on any atom is -0.317 e. The van der Waals surface area contributed by atoms with Crippen LogP contribution in [0, 0.1) is 6.92 Å². The molecule has 0 saturated carbocycles. The van der Waals surface area contributed by atoms with E-state index in [9.17, 15) is 0 Å². The summed E-state index contributed by atoms with van der Waals surface area (Å²) in [6.07, 6.45) is 6.25. The zero-order chi connectivity index (χ0) is 16.2. The summed E-state index contributed by atoms with van der Waals surface area (Å²) in [5.74, 6) is 2.47. The molecular formula is C16H25ClN6S. The van der Waals surface area contributed by atoms with Crippen LogP contribution in [-0.4, -0.2) is 37.6 Å². The Morgan fingerprint density at radius 2 is 2.12 bits per heavy atom. The zero-order valence-electron chi connectivity index (χ0n) is 14.2. The number of aromatic nitrogens is 5. The van der Waals surface area contributed by atoms with Crippen LogP contribution in [-0.2, 0) is 19.3 Å². The van der Waals surface area contributed by atoms with E-state index in [1.165, 1.54) is 5.56 Å². The first-order chi connectivity index (χ1) is 11.2. The van der Waals surface area contributed by atoms with E-state index in [4.69, 9.17) is 0 Å². The summed E-state index contributed by atoms with van der Waals surface area (Å²) < 4.78 is 4.08. The van der Waals surface area contributed by atoms with Crippen molar-refractivity contribution < 1.29 is 0 Å². The van der Waals surface area contributed by atoms with Gasteiger partial charge in [0.25, 0.3) is 0 Å². The molecule has 0 aromatic carbocycles. The largest absolute Gasteiger partial charge is 0.317 e. The third-order valence-electron chi connectivity index (χ3n) is 4.23. The van der Waals surface area contributed by atoms with E-state index >= 15 is 0 Å². The smallest absolute Gasteiger partial charge is 0.191 e. The molecule has 132 valence electrons. The molecule has 1 N–H and O–H groups in total. The van der Waals surface area contributed by atoms with Crippen LogP contribution in [0.15, 0.2) is 24.0 Å². The number of hydrogen-bond acceptors (Lipinski definition) is 5. The molecule has 1 fully saturated rings. The quantitative estimate of drug-likeness (QED) is 0.627. The molecule has 3 rings (SSSR count). The van der Waals surface area contributed by atoms with Gasteiger partial charge in [-0.2, -0.15) is 5.10 Å². The maximum atomic E-state index is 4.49. The zero-order valence-corrected chi connectivity index (χ0v) is 15.9. The van der Waals surface area contributed by atoms with Gasteiger partial charge in [-0.3, -0.25) is 4.68 Å². The molecule has 2 aromatic heterocycles. The van der Waals surface area contributed by atoms with Gasteiger partial charge in [0.2, 0.25) is 0 Å². The lowest BCUT2D eigenvalue weighted by Gasteiger charge is -2.22. The second kappa shape index (κ2) is 8.69. The number of aryl methyl sites for hydroxylation is 2. The van der Waals surface area contributed by atoms with Crippen LogP contribution in [0.4, 0.5) is 0 Å². The Hall–Kier alpha value is -1.31. The number of piperidine rings is 1. The van der Waals surface area contributed by atoms with Gasteiger partial charge in [-0.1, -0.05) is 17.8 Å². The molecule has 0 aliphatic carbocycles. The number of allylic oxidation sites excluding steroid dienone is 1. The SMILES string of the molecule is C=CCn1c(SCc2cn(C)nc2C)nnc1C1CCNCC1.Cl. The minimum atomic E-state index is 0. The third kappa shape index (κ3) is 4.20. The molecule has 0 radical (unpaired) electrons. The third-order valence-corrected chi connectivity index (χ3v) is 5.25. The number of thioether (sulfide) groups is 1. The van der Waals surface area contributed by atoms with E-state index in [1.54, 1.807) is 11.8 Å². The highest BCUT2D eigenvalue weighted by Crippen LogP contribution is 2.29. The van der Waals surface area contributed by atoms with E-state index in [0.717, 1.165) is 54.9 Å². The van der Waals surface area contributed by atoms with Crippen LogP contribution in [0.1, 0.15) is 35.8 Å². The van der Waals surface area contributed by atoms with Crippen molar-refractivity contribution in [2.75, 3.05) is 13.1 Å². The molecule has 1 aliphatic rings. The van der Waals surface area contributed by atoms with Gasteiger partial charge in [-0.15, -0.1) is 29.2 Å². The van der Waals surface area contributed by atoms with Crippen LogP contribution in [0.25, 0.3) is 0 Å². The van der Waals surface area contributed by atoms with Crippen molar-refractivity contribution in [3.63, 3.8) is 0 Å². The predicted molar refractivity (Wildman–Crippen MR) is 99.8 cm³/mol. The maximum Gasteiger partial charge on any atom is 0.191 e. The number of hydrogen-bond donors (Lipinski definition) is 1.